The molecule has 0 bridgehead atoms. The number of carbonyl (C=O) groups is 2. The van der Waals surface area contributed by atoms with Gasteiger partial charge < -0.3 is 4.18 Å². The Hall–Kier alpha value is 0.490. The van der Waals surface area contributed by atoms with Crippen LogP contribution in [0.15, 0.2) is 0 Å². The summed E-state index contributed by atoms with van der Waals surface area (Å²) in [6.45, 7) is 3.58. The van der Waals surface area contributed by atoms with Crippen LogP contribution in [0.25, 0.3) is 0 Å². The van der Waals surface area contributed by atoms with Crippen molar-refractivity contribution in [3.05, 3.63) is 0 Å². The molecule has 0 radical (unpaired) electrons. The normalized spacial score (nSPS) is 10.3. The molecule has 5 heteroatoms. The number of hydrogen-bond donors (Lipinski definition) is 0. The summed E-state index contributed by atoms with van der Waals surface area (Å²) >= 11 is 0.683. The van der Waals surface area contributed by atoms with Gasteiger partial charge in [-0.15, -0.1) is 0 Å². The summed E-state index contributed by atoms with van der Waals surface area (Å²) in [5.74, 6) is -0.412. The van der Waals surface area contributed by atoms with Crippen LogP contribution < -0.4 is 29.6 Å². The van der Waals surface area contributed by atoms with Crippen LogP contribution in [0.2, 0.25) is 0 Å². The average Bonchev–Trinajstić information content (AvgIpc) is 2.56. The molecule has 0 aromatic heterocycles. The monoisotopic (exact) mass is 381 g/mol. The van der Waals surface area contributed by atoms with Crippen LogP contribution in [-0.2, 0) is 13.8 Å². The van der Waals surface area contributed by atoms with E-state index in [1.165, 1.54) is 90.4 Å². The summed E-state index contributed by atoms with van der Waals surface area (Å²) in [6, 6.07) is 0. The molecule has 0 aromatic rings. The molecule has 0 amide bonds. The smallest absolute Gasteiger partial charge is 0.383 e. The Bertz CT molecular complexity index is 311. The third kappa shape index (κ3) is 24.5. The van der Waals surface area contributed by atoms with Gasteiger partial charge in [-0.05, 0) is 6.42 Å². The largest absolute Gasteiger partial charge is 1.00 e. The summed E-state index contributed by atoms with van der Waals surface area (Å²) in [5, 5.41) is -0.0418. The Morgan fingerprint density at radius 2 is 1.04 bits per heavy atom. The minimum atomic E-state index is -0.412. The van der Waals surface area contributed by atoms with E-state index in [9.17, 15) is 9.59 Å². The van der Waals surface area contributed by atoms with Gasteiger partial charge >= 0.3 is 35.5 Å². The van der Waals surface area contributed by atoms with E-state index >= 15 is 0 Å². The molecule has 0 saturated carbocycles. The molecule has 0 N–H and O–H groups in total. The standard InChI is InChI=1S/C20H38O3S.Na/c1-3-4-5-6-7-8-9-10-11-12-13-14-15-16-17-18-20(22)24-23-19(2)21;/h3-18H2,1-2H3;/q;+1. The third-order valence-electron chi connectivity index (χ3n) is 4.24. The van der Waals surface area contributed by atoms with E-state index in [2.05, 4.69) is 11.1 Å². The fraction of sp³-hybridized carbons (Fsp3) is 0.900. The summed E-state index contributed by atoms with van der Waals surface area (Å²) in [4.78, 5) is 21.9. The van der Waals surface area contributed by atoms with Crippen molar-refractivity contribution in [2.45, 2.75) is 117 Å². The van der Waals surface area contributed by atoms with Gasteiger partial charge in [0.15, 0.2) is 0 Å². The second kappa shape index (κ2) is 22.5. The molecule has 0 heterocycles. The second-order valence-corrected chi connectivity index (χ2v) is 7.52. The number of rotatable bonds is 16. The van der Waals surface area contributed by atoms with Gasteiger partial charge in [0.2, 0.25) is 5.12 Å². The van der Waals surface area contributed by atoms with E-state index < -0.39 is 5.97 Å². The summed E-state index contributed by atoms with van der Waals surface area (Å²) in [6.07, 6.45) is 20.3. The van der Waals surface area contributed by atoms with Gasteiger partial charge in [0, 0.05) is 13.3 Å². The molecule has 0 aliphatic carbocycles. The second-order valence-electron chi connectivity index (χ2n) is 6.73. The Kier molecular flexibility index (Phi) is 25.0. The van der Waals surface area contributed by atoms with Crippen LogP contribution in [0.3, 0.4) is 0 Å². The molecule has 0 aliphatic heterocycles. The van der Waals surface area contributed by atoms with Gasteiger partial charge in [-0.25, -0.2) is 0 Å². The molecule has 0 rings (SSSR count). The van der Waals surface area contributed by atoms with Crippen LogP contribution in [-0.4, -0.2) is 11.1 Å². The van der Waals surface area contributed by atoms with Gasteiger partial charge in [-0.1, -0.05) is 96.8 Å². The predicted octanol–water partition coefficient (Wildman–Crippen LogP) is 3.99. The number of carbonyl (C=O) groups excluding carboxylic acids is 2. The molecule has 3 nitrogen and oxygen atoms in total. The molecular formula is C20H38NaO3S+. The van der Waals surface area contributed by atoms with Crippen molar-refractivity contribution in [3.63, 3.8) is 0 Å². The molecule has 0 saturated heterocycles. The van der Waals surface area contributed by atoms with Crippen LogP contribution in [0, 0.1) is 0 Å². The maximum atomic E-state index is 11.4. The average molecular weight is 382 g/mol. The van der Waals surface area contributed by atoms with E-state index in [1.54, 1.807) is 0 Å². The first-order valence-corrected chi connectivity index (χ1v) is 10.8. The van der Waals surface area contributed by atoms with E-state index in [4.69, 9.17) is 0 Å². The molecular weight excluding hydrogens is 343 g/mol. The van der Waals surface area contributed by atoms with Crippen molar-refractivity contribution in [3.8, 4) is 0 Å². The Labute approximate surface area is 182 Å². The molecule has 0 aromatic carbocycles. The maximum absolute atomic E-state index is 11.4. The summed E-state index contributed by atoms with van der Waals surface area (Å²) < 4.78 is 4.61. The van der Waals surface area contributed by atoms with Crippen molar-refractivity contribution >= 4 is 23.1 Å². The minimum Gasteiger partial charge on any atom is -0.383 e. The summed E-state index contributed by atoms with van der Waals surface area (Å²) in [5.41, 5.74) is 0. The van der Waals surface area contributed by atoms with Crippen molar-refractivity contribution < 1.29 is 43.3 Å². The van der Waals surface area contributed by atoms with Crippen molar-refractivity contribution in [1.29, 1.82) is 0 Å². The van der Waals surface area contributed by atoms with Crippen LogP contribution in [0.1, 0.15) is 117 Å². The van der Waals surface area contributed by atoms with E-state index in [0.717, 1.165) is 12.8 Å². The van der Waals surface area contributed by atoms with Gasteiger partial charge in [0.05, 0.1) is 0 Å². The van der Waals surface area contributed by atoms with E-state index in [1.807, 2.05) is 0 Å². The molecule has 142 valence electrons. The molecule has 0 aliphatic rings. The topological polar surface area (TPSA) is 43.4 Å². The van der Waals surface area contributed by atoms with Crippen LogP contribution >= 0.6 is 12.0 Å². The van der Waals surface area contributed by atoms with Gasteiger partial charge in [0.25, 0.3) is 0 Å². The number of unbranched alkanes of at least 4 members (excludes halogenated alkanes) is 14. The van der Waals surface area contributed by atoms with Crippen molar-refractivity contribution in [2.24, 2.45) is 0 Å². The van der Waals surface area contributed by atoms with E-state index in [0.29, 0.717) is 18.5 Å². The fourth-order valence-corrected chi connectivity index (χ4v) is 3.23. The summed E-state index contributed by atoms with van der Waals surface area (Å²) in [7, 11) is 0. The molecule has 25 heavy (non-hydrogen) atoms. The predicted molar refractivity (Wildman–Crippen MR) is 104 cm³/mol. The van der Waals surface area contributed by atoms with E-state index in [-0.39, 0.29) is 34.7 Å². The molecule has 0 unspecified atom stereocenters. The molecule has 0 spiro atoms. The van der Waals surface area contributed by atoms with Crippen molar-refractivity contribution in [1.82, 2.24) is 0 Å². The van der Waals surface area contributed by atoms with Gasteiger partial charge in [-0.3, -0.25) is 9.59 Å². The first-order chi connectivity index (χ1) is 11.7. The Morgan fingerprint density at radius 1 is 0.680 bits per heavy atom. The minimum absolute atomic E-state index is 0. The van der Waals surface area contributed by atoms with Crippen LogP contribution in [0.5, 0.6) is 0 Å². The first-order valence-electron chi connectivity index (χ1n) is 10.0. The quantitative estimate of drug-likeness (QED) is 0.230. The Balaban J connectivity index is 0. The zero-order valence-electron chi connectivity index (χ0n) is 16.9. The molecule has 0 fully saturated rings. The number of hydrogen-bond acceptors (Lipinski definition) is 4. The zero-order chi connectivity index (χ0) is 17.9. The van der Waals surface area contributed by atoms with Crippen LogP contribution in [0.4, 0.5) is 0 Å². The van der Waals surface area contributed by atoms with Crippen molar-refractivity contribution in [2.75, 3.05) is 0 Å². The first kappa shape index (κ1) is 27.7. The fourth-order valence-electron chi connectivity index (χ4n) is 2.79. The molecule has 0 atom stereocenters. The third-order valence-corrected chi connectivity index (χ3v) is 4.94. The van der Waals surface area contributed by atoms with Gasteiger partial charge in [0.1, 0.15) is 12.0 Å². The Morgan fingerprint density at radius 3 is 1.40 bits per heavy atom. The SMILES string of the molecule is CCCCCCCCCCCCCCCCCC(=O)SOC(C)=O.[Na+]. The zero-order valence-corrected chi connectivity index (χ0v) is 19.8. The maximum Gasteiger partial charge on any atom is 1.00 e. The van der Waals surface area contributed by atoms with Gasteiger partial charge in [-0.2, -0.15) is 0 Å².